The summed E-state index contributed by atoms with van der Waals surface area (Å²) in [6.07, 6.45) is 7.67. The molecule has 6 fully saturated rings. The highest BCUT2D eigenvalue weighted by molar-refractivity contribution is 4.43. The number of hydrogen-bond donors (Lipinski definition) is 0. The standard InChI is InChI=1S/6C3H6O/c6*1-2-4-3-1/h6*1-3H2. The monoisotopic (exact) mass is 348 g/mol. The molecule has 0 radical (unpaired) electrons. The van der Waals surface area contributed by atoms with E-state index in [1.54, 1.807) is 0 Å². The van der Waals surface area contributed by atoms with Gasteiger partial charge in [-0.1, -0.05) is 0 Å². The summed E-state index contributed by atoms with van der Waals surface area (Å²) in [6.45, 7) is 12.0. The van der Waals surface area contributed by atoms with Gasteiger partial charge in [-0.25, -0.2) is 0 Å². The van der Waals surface area contributed by atoms with E-state index in [0.29, 0.717) is 0 Å². The van der Waals surface area contributed by atoms with Gasteiger partial charge < -0.3 is 28.4 Å². The van der Waals surface area contributed by atoms with Gasteiger partial charge in [0.25, 0.3) is 0 Å². The van der Waals surface area contributed by atoms with Crippen LogP contribution in [0.4, 0.5) is 0 Å². The van der Waals surface area contributed by atoms with E-state index >= 15 is 0 Å². The molecule has 0 N–H and O–H groups in total. The molecule has 6 aliphatic heterocycles. The molecule has 0 aliphatic carbocycles. The minimum Gasteiger partial charge on any atom is -0.381 e. The second kappa shape index (κ2) is 19.1. The maximum atomic E-state index is 4.72. The molecule has 0 unspecified atom stereocenters. The zero-order valence-electron chi connectivity index (χ0n) is 15.2. The third-order valence-corrected chi connectivity index (χ3v) is 3.46. The molecule has 0 bridgehead atoms. The van der Waals surface area contributed by atoms with Gasteiger partial charge in [0.15, 0.2) is 0 Å². The number of hydrogen-bond acceptors (Lipinski definition) is 6. The van der Waals surface area contributed by atoms with Crippen LogP contribution in [-0.2, 0) is 28.4 Å². The lowest BCUT2D eigenvalue weighted by Gasteiger charge is -2.09. The fourth-order valence-corrected chi connectivity index (χ4v) is 0.866. The van der Waals surface area contributed by atoms with E-state index in [2.05, 4.69) is 0 Å². The van der Waals surface area contributed by atoms with Gasteiger partial charge in [0, 0.05) is 79.3 Å². The fraction of sp³-hybridized carbons (Fsp3) is 1.00. The van der Waals surface area contributed by atoms with Crippen molar-refractivity contribution in [1.82, 2.24) is 0 Å². The molecular weight excluding hydrogens is 312 g/mol. The average molecular weight is 348 g/mol. The van der Waals surface area contributed by atoms with E-state index in [1.165, 1.54) is 38.5 Å². The first-order valence-electron chi connectivity index (χ1n) is 9.46. The van der Waals surface area contributed by atoms with E-state index < -0.39 is 0 Å². The maximum Gasteiger partial charge on any atom is 0.0488 e. The lowest BCUT2D eigenvalue weighted by Crippen LogP contribution is -2.09. The SMILES string of the molecule is C1COC1.C1COC1.C1COC1.C1COC1.C1COC1.C1COC1. The van der Waals surface area contributed by atoms with Crippen LogP contribution in [0.15, 0.2) is 0 Å². The van der Waals surface area contributed by atoms with Crippen LogP contribution in [0.2, 0.25) is 0 Å². The fourth-order valence-electron chi connectivity index (χ4n) is 0.866. The zero-order valence-corrected chi connectivity index (χ0v) is 15.2. The first-order valence-corrected chi connectivity index (χ1v) is 9.46. The van der Waals surface area contributed by atoms with Crippen LogP contribution in [0.1, 0.15) is 38.5 Å². The molecule has 0 aromatic carbocycles. The summed E-state index contributed by atoms with van der Waals surface area (Å²) in [5, 5.41) is 0. The van der Waals surface area contributed by atoms with Crippen molar-refractivity contribution in [2.75, 3.05) is 79.3 Å². The Bertz CT molecular complexity index is 130. The predicted molar refractivity (Wildman–Crippen MR) is 92.6 cm³/mol. The topological polar surface area (TPSA) is 55.4 Å². The molecule has 0 aromatic heterocycles. The van der Waals surface area contributed by atoms with Crippen LogP contribution in [0.3, 0.4) is 0 Å². The third kappa shape index (κ3) is 16.6. The predicted octanol–water partition coefficient (Wildman–Crippen LogP) is 2.44. The van der Waals surface area contributed by atoms with Crippen LogP contribution in [0.5, 0.6) is 0 Å². The molecule has 144 valence electrons. The highest BCUT2D eigenvalue weighted by atomic mass is 16.5. The van der Waals surface area contributed by atoms with Crippen LogP contribution in [0.25, 0.3) is 0 Å². The van der Waals surface area contributed by atoms with Crippen molar-refractivity contribution in [3.63, 3.8) is 0 Å². The van der Waals surface area contributed by atoms with E-state index in [0.717, 1.165) is 79.3 Å². The summed E-state index contributed by atoms with van der Waals surface area (Å²) in [7, 11) is 0. The third-order valence-electron chi connectivity index (χ3n) is 3.46. The van der Waals surface area contributed by atoms with Crippen molar-refractivity contribution in [3.8, 4) is 0 Å². The van der Waals surface area contributed by atoms with Gasteiger partial charge in [-0.15, -0.1) is 0 Å². The van der Waals surface area contributed by atoms with Crippen LogP contribution in [-0.4, -0.2) is 79.3 Å². The molecule has 6 saturated heterocycles. The van der Waals surface area contributed by atoms with E-state index in [1.807, 2.05) is 0 Å². The van der Waals surface area contributed by atoms with Gasteiger partial charge in [-0.2, -0.15) is 0 Å². The van der Waals surface area contributed by atoms with Crippen LogP contribution < -0.4 is 0 Å². The quantitative estimate of drug-likeness (QED) is 0.670. The summed E-state index contributed by atoms with van der Waals surface area (Å²) >= 11 is 0. The minimum absolute atomic E-state index is 1.00. The molecule has 0 amide bonds. The molecular formula is C18H36O6. The Morgan fingerprint density at radius 1 is 0.208 bits per heavy atom. The van der Waals surface area contributed by atoms with E-state index in [9.17, 15) is 0 Å². The highest BCUT2D eigenvalue weighted by Crippen LogP contribution is 1.94. The second-order valence-corrected chi connectivity index (χ2v) is 5.80. The molecule has 0 saturated carbocycles. The molecule has 0 aromatic rings. The molecule has 6 aliphatic rings. The lowest BCUT2D eigenvalue weighted by molar-refractivity contribution is 0.0366. The maximum absolute atomic E-state index is 4.72. The Morgan fingerprint density at radius 3 is 0.250 bits per heavy atom. The Kier molecular flexibility index (Phi) is 17.3. The van der Waals surface area contributed by atoms with Crippen molar-refractivity contribution >= 4 is 0 Å². The van der Waals surface area contributed by atoms with Gasteiger partial charge >= 0.3 is 0 Å². The largest absolute Gasteiger partial charge is 0.381 e. The van der Waals surface area contributed by atoms with Gasteiger partial charge in [-0.05, 0) is 38.5 Å². The van der Waals surface area contributed by atoms with Gasteiger partial charge in [0.05, 0.1) is 0 Å². The van der Waals surface area contributed by atoms with Crippen molar-refractivity contribution in [3.05, 3.63) is 0 Å². The minimum atomic E-state index is 1.00. The average Bonchev–Trinajstić information content (AvgIpc) is 1.94. The van der Waals surface area contributed by atoms with Crippen molar-refractivity contribution in [1.29, 1.82) is 0 Å². The summed E-state index contributed by atoms with van der Waals surface area (Å²) in [4.78, 5) is 0. The van der Waals surface area contributed by atoms with Crippen molar-refractivity contribution in [2.45, 2.75) is 38.5 Å². The first kappa shape index (κ1) is 21.8. The van der Waals surface area contributed by atoms with Gasteiger partial charge in [0.1, 0.15) is 0 Å². The van der Waals surface area contributed by atoms with Gasteiger partial charge in [-0.3, -0.25) is 0 Å². The molecule has 6 rings (SSSR count). The molecule has 24 heavy (non-hydrogen) atoms. The zero-order chi connectivity index (χ0) is 17.0. The summed E-state index contributed by atoms with van der Waals surface area (Å²) in [5.41, 5.74) is 0. The Balaban J connectivity index is 0.000000144. The molecule has 6 nitrogen and oxygen atoms in total. The summed E-state index contributed by atoms with van der Waals surface area (Å²) in [6, 6.07) is 0. The Labute approximate surface area is 147 Å². The van der Waals surface area contributed by atoms with Crippen LogP contribution in [0, 0.1) is 0 Å². The van der Waals surface area contributed by atoms with Crippen molar-refractivity contribution < 1.29 is 28.4 Å². The van der Waals surface area contributed by atoms with E-state index in [4.69, 9.17) is 28.4 Å². The van der Waals surface area contributed by atoms with Crippen LogP contribution >= 0.6 is 0 Å². The highest BCUT2D eigenvalue weighted by Gasteiger charge is 1.96. The normalized spacial score (nSPS) is 24.0. The number of rotatable bonds is 0. The van der Waals surface area contributed by atoms with Crippen molar-refractivity contribution in [2.24, 2.45) is 0 Å². The smallest absolute Gasteiger partial charge is 0.0488 e. The molecule has 6 heteroatoms. The summed E-state index contributed by atoms with van der Waals surface area (Å²) < 4.78 is 28.3. The first-order chi connectivity index (χ1) is 12.0. The number of ether oxygens (including phenoxy) is 6. The lowest BCUT2D eigenvalue weighted by atomic mass is 10.4. The Morgan fingerprint density at radius 2 is 0.250 bits per heavy atom. The molecule has 0 atom stereocenters. The molecule has 0 spiro atoms. The van der Waals surface area contributed by atoms with E-state index in [-0.39, 0.29) is 0 Å². The molecule has 6 heterocycles. The van der Waals surface area contributed by atoms with Gasteiger partial charge in [0.2, 0.25) is 0 Å². The Hall–Kier alpha value is -0.240. The summed E-state index contributed by atoms with van der Waals surface area (Å²) in [5.74, 6) is 0. The second-order valence-electron chi connectivity index (χ2n) is 5.80.